The highest BCUT2D eigenvalue weighted by molar-refractivity contribution is 8.18. The van der Waals surface area contributed by atoms with Crippen LogP contribution in [-0.2, 0) is 15.1 Å². The van der Waals surface area contributed by atoms with E-state index in [1.54, 1.807) is 4.90 Å². The van der Waals surface area contributed by atoms with E-state index in [0.717, 1.165) is 22.0 Å². The van der Waals surface area contributed by atoms with Crippen molar-refractivity contribution in [1.29, 1.82) is 0 Å². The predicted octanol–water partition coefficient (Wildman–Crippen LogP) is 8.09. The van der Waals surface area contributed by atoms with Gasteiger partial charge in [0.15, 0.2) is 5.17 Å². The summed E-state index contributed by atoms with van der Waals surface area (Å²) in [6, 6.07) is 15.4. The Balaban J connectivity index is 1.50. The lowest BCUT2D eigenvalue weighted by Gasteiger charge is -2.47. The zero-order valence-electron chi connectivity index (χ0n) is 26.0. The van der Waals surface area contributed by atoms with Crippen LogP contribution in [0.3, 0.4) is 0 Å². The summed E-state index contributed by atoms with van der Waals surface area (Å²) in [5.74, 6) is 0.0212. The zero-order chi connectivity index (χ0) is 31.4. The Morgan fingerprint density at radius 2 is 1.56 bits per heavy atom. The molecule has 5 rings (SSSR count). The van der Waals surface area contributed by atoms with Crippen LogP contribution < -0.4 is 0 Å². The molecular formula is C33H40Cl2N4O3S. The van der Waals surface area contributed by atoms with Crippen molar-refractivity contribution in [3.8, 4) is 0 Å². The SMILES string of the molecule is CC(C)C1=C(C(=O)N(C(C)C)C2CN(C(=O)OC(C)(C)C)C2)SC2=N[C@@](C)(c3ccc(Cl)cc3)[C@@H](c3ccc(Cl)cc3)N21. The van der Waals surface area contributed by atoms with Crippen molar-refractivity contribution in [3.63, 3.8) is 0 Å². The van der Waals surface area contributed by atoms with Crippen molar-refractivity contribution in [2.24, 2.45) is 10.9 Å². The third kappa shape index (κ3) is 6.03. The monoisotopic (exact) mass is 642 g/mol. The highest BCUT2D eigenvalue weighted by Gasteiger charge is 2.54. The Morgan fingerprint density at radius 3 is 2.07 bits per heavy atom. The van der Waals surface area contributed by atoms with Gasteiger partial charge in [0.1, 0.15) is 16.0 Å². The molecule has 2 amide bonds. The summed E-state index contributed by atoms with van der Waals surface area (Å²) >= 11 is 14.0. The second-order valence-corrected chi connectivity index (χ2v) is 15.0. The average molecular weight is 644 g/mol. The second kappa shape index (κ2) is 11.7. The van der Waals surface area contributed by atoms with E-state index in [9.17, 15) is 9.59 Å². The maximum atomic E-state index is 14.4. The molecule has 0 unspecified atom stereocenters. The molecule has 2 atom stereocenters. The third-order valence-electron chi connectivity index (χ3n) is 8.06. The normalized spacial score (nSPS) is 22.2. The number of likely N-dealkylation sites (tertiary alicyclic amines) is 1. The van der Waals surface area contributed by atoms with Crippen LogP contribution in [0.5, 0.6) is 0 Å². The average Bonchev–Trinajstić information content (AvgIpc) is 3.37. The first kappa shape index (κ1) is 31.7. The minimum atomic E-state index is -0.630. The Morgan fingerprint density at radius 1 is 1.00 bits per heavy atom. The lowest BCUT2D eigenvalue weighted by molar-refractivity contribution is -0.134. The lowest BCUT2D eigenvalue weighted by atomic mass is 9.81. The molecule has 0 aliphatic carbocycles. The highest BCUT2D eigenvalue weighted by Crippen LogP contribution is 2.56. The van der Waals surface area contributed by atoms with Crippen LogP contribution in [0.4, 0.5) is 4.79 Å². The molecular weight excluding hydrogens is 603 g/mol. The van der Waals surface area contributed by atoms with Crippen molar-refractivity contribution >= 4 is 52.1 Å². The van der Waals surface area contributed by atoms with Crippen molar-refractivity contribution in [1.82, 2.24) is 14.7 Å². The minimum absolute atomic E-state index is 0.0299. The summed E-state index contributed by atoms with van der Waals surface area (Å²) in [6.45, 7) is 16.9. The van der Waals surface area contributed by atoms with Crippen LogP contribution in [0.15, 0.2) is 64.1 Å². The number of aliphatic imine (C=N–C) groups is 1. The molecule has 0 spiro atoms. The number of carbonyl (C=O) groups excluding carboxylic acids is 2. The van der Waals surface area contributed by atoms with Gasteiger partial charge in [0, 0.05) is 34.9 Å². The van der Waals surface area contributed by atoms with E-state index in [1.165, 1.54) is 11.8 Å². The first-order chi connectivity index (χ1) is 20.1. The van der Waals surface area contributed by atoms with Gasteiger partial charge >= 0.3 is 6.09 Å². The van der Waals surface area contributed by atoms with Crippen LogP contribution >= 0.6 is 35.0 Å². The number of amidine groups is 1. The van der Waals surface area contributed by atoms with Crippen molar-refractivity contribution in [3.05, 3.63) is 80.3 Å². The van der Waals surface area contributed by atoms with Crippen molar-refractivity contribution in [2.75, 3.05) is 13.1 Å². The maximum Gasteiger partial charge on any atom is 0.410 e. The van der Waals surface area contributed by atoms with Gasteiger partial charge in [-0.2, -0.15) is 0 Å². The second-order valence-electron chi connectivity index (χ2n) is 13.2. The number of hydrogen-bond donors (Lipinski definition) is 0. The number of nitrogens with zero attached hydrogens (tertiary/aromatic N) is 4. The molecule has 0 saturated carbocycles. The predicted molar refractivity (Wildman–Crippen MR) is 175 cm³/mol. The van der Waals surface area contributed by atoms with E-state index in [2.05, 4.69) is 25.7 Å². The molecule has 0 aromatic heterocycles. The molecule has 2 aromatic rings. The molecule has 1 fully saturated rings. The van der Waals surface area contributed by atoms with E-state index in [1.807, 2.05) is 88.0 Å². The lowest BCUT2D eigenvalue weighted by Crippen LogP contribution is -2.64. The number of fused-ring (bicyclic) bond motifs is 1. The van der Waals surface area contributed by atoms with Crippen LogP contribution in [0.25, 0.3) is 0 Å². The zero-order valence-corrected chi connectivity index (χ0v) is 28.3. The number of hydrogen-bond acceptors (Lipinski definition) is 6. The Bertz CT molecular complexity index is 1460. The smallest absolute Gasteiger partial charge is 0.410 e. The summed E-state index contributed by atoms with van der Waals surface area (Å²) < 4.78 is 5.55. The molecule has 3 aliphatic heterocycles. The van der Waals surface area contributed by atoms with Gasteiger partial charge in [-0.25, -0.2) is 9.79 Å². The number of halogens is 2. The minimum Gasteiger partial charge on any atom is -0.444 e. The summed E-state index contributed by atoms with van der Waals surface area (Å²) in [7, 11) is 0. The Hall–Kier alpha value is -2.68. The number of ether oxygens (including phenoxy) is 1. The molecule has 1 saturated heterocycles. The summed E-state index contributed by atoms with van der Waals surface area (Å²) in [5, 5.41) is 2.13. The quantitative estimate of drug-likeness (QED) is 0.319. The Kier molecular flexibility index (Phi) is 8.62. The summed E-state index contributed by atoms with van der Waals surface area (Å²) in [4.78, 5) is 38.9. The summed E-state index contributed by atoms with van der Waals surface area (Å²) in [6.07, 6.45) is -0.348. The fourth-order valence-corrected chi connectivity index (χ4v) is 7.71. The van der Waals surface area contributed by atoms with E-state index in [0.29, 0.717) is 28.0 Å². The molecule has 2 aromatic carbocycles. The first-order valence-electron chi connectivity index (χ1n) is 14.7. The topological polar surface area (TPSA) is 65.5 Å². The first-order valence-corrected chi connectivity index (χ1v) is 16.3. The number of amides is 2. The Labute approximate surface area is 269 Å². The number of allylic oxidation sites excluding steroid dienone is 1. The van der Waals surface area contributed by atoms with Gasteiger partial charge in [-0.1, -0.05) is 61.3 Å². The molecule has 0 N–H and O–H groups in total. The molecule has 3 aliphatic rings. The number of benzene rings is 2. The fraction of sp³-hybridized carbons (Fsp3) is 0.485. The number of rotatable bonds is 6. The maximum absolute atomic E-state index is 14.4. The van der Waals surface area contributed by atoms with E-state index in [4.69, 9.17) is 32.9 Å². The van der Waals surface area contributed by atoms with Crippen LogP contribution in [0, 0.1) is 5.92 Å². The molecule has 0 bridgehead atoms. The van der Waals surface area contributed by atoms with E-state index < -0.39 is 11.1 Å². The van der Waals surface area contributed by atoms with Gasteiger partial charge in [0.2, 0.25) is 0 Å². The van der Waals surface area contributed by atoms with Crippen LogP contribution in [0.1, 0.15) is 72.6 Å². The van der Waals surface area contributed by atoms with Gasteiger partial charge < -0.3 is 19.4 Å². The van der Waals surface area contributed by atoms with E-state index >= 15 is 0 Å². The number of carbonyl (C=O) groups is 2. The number of thioether (sulfide) groups is 1. The molecule has 7 nitrogen and oxygen atoms in total. The molecule has 0 radical (unpaired) electrons. The van der Waals surface area contributed by atoms with Crippen molar-refractivity contribution in [2.45, 2.75) is 84.7 Å². The summed E-state index contributed by atoms with van der Waals surface area (Å²) in [5.41, 5.74) is 1.85. The molecule has 3 heterocycles. The fourth-order valence-electron chi connectivity index (χ4n) is 6.11. The van der Waals surface area contributed by atoms with Crippen molar-refractivity contribution < 1.29 is 14.3 Å². The molecule has 230 valence electrons. The third-order valence-corrected chi connectivity index (χ3v) is 9.63. The molecule has 10 heteroatoms. The van der Waals surface area contributed by atoms with Crippen LogP contribution in [-0.4, -0.2) is 62.6 Å². The van der Waals surface area contributed by atoms with Gasteiger partial charge in [-0.05, 0) is 94.6 Å². The van der Waals surface area contributed by atoms with Gasteiger partial charge in [-0.15, -0.1) is 0 Å². The largest absolute Gasteiger partial charge is 0.444 e. The standard InChI is InChI=1S/C33H40Cl2N4O3S/c1-19(2)26-27(29(40)38(20(3)4)25-17-37(18-25)31(41)42-32(5,6)7)43-30-36-33(8,22-11-15-24(35)16-12-22)28(39(26)30)21-9-13-23(34)14-10-21/h9-16,19-20,25,28H,17-18H2,1-8H3/t28-,33+/m1/s1. The van der Waals surface area contributed by atoms with Gasteiger partial charge in [0.05, 0.1) is 12.1 Å². The van der Waals surface area contributed by atoms with Gasteiger partial charge in [-0.3, -0.25) is 4.79 Å². The van der Waals surface area contributed by atoms with Crippen LogP contribution in [0.2, 0.25) is 10.0 Å². The van der Waals surface area contributed by atoms with Gasteiger partial charge in [0.25, 0.3) is 5.91 Å². The van der Waals surface area contributed by atoms with E-state index in [-0.39, 0.29) is 36.0 Å². The molecule has 43 heavy (non-hydrogen) atoms. The highest BCUT2D eigenvalue weighted by atomic mass is 35.5.